The molecule has 1 unspecified atom stereocenters. The molecule has 0 bridgehead atoms. The summed E-state index contributed by atoms with van der Waals surface area (Å²) in [7, 11) is 1.33. The molecule has 0 saturated heterocycles. The van der Waals surface area contributed by atoms with E-state index in [-0.39, 0.29) is 63.0 Å². The Labute approximate surface area is 198 Å². The molecule has 3 aromatic rings. The van der Waals surface area contributed by atoms with E-state index in [1.165, 1.54) is 20.1 Å². The maximum Gasteiger partial charge on any atom is 0.393 e. The zero-order valence-electron chi connectivity index (χ0n) is 19.4. The van der Waals surface area contributed by atoms with Crippen molar-refractivity contribution in [3.63, 3.8) is 0 Å². The fourth-order valence-corrected chi connectivity index (χ4v) is 3.91. The van der Waals surface area contributed by atoms with Crippen LogP contribution in [0.25, 0.3) is 22.2 Å². The predicted octanol–water partition coefficient (Wildman–Crippen LogP) is 3.40. The largest absolute Gasteiger partial charge is 0.474 e. The Hall–Kier alpha value is -3.48. The number of rotatable bonds is 3. The molecule has 3 aromatic heterocycles. The maximum absolute atomic E-state index is 16.0. The number of nitrogens with one attached hydrogen (secondary N) is 2. The smallest absolute Gasteiger partial charge is 0.393 e. The molecule has 0 fully saturated rings. The number of anilines is 2. The second-order valence-electron chi connectivity index (χ2n) is 8.21. The van der Waals surface area contributed by atoms with E-state index in [9.17, 15) is 13.2 Å². The number of nitrogens with zero attached hydrogens (tertiary/aromatic N) is 4. The number of halogens is 4. The Bertz CT molecular complexity index is 1250. The molecule has 4 heterocycles. The van der Waals surface area contributed by atoms with E-state index in [4.69, 9.17) is 15.2 Å². The molecular formula is C22H25F4N7O2. The van der Waals surface area contributed by atoms with Gasteiger partial charge in [0.1, 0.15) is 28.2 Å². The number of ether oxygens (including phenoxy) is 2. The summed E-state index contributed by atoms with van der Waals surface area (Å²) >= 11 is 0. The van der Waals surface area contributed by atoms with Gasteiger partial charge in [0.25, 0.3) is 0 Å². The molecule has 0 radical (unpaired) electrons. The monoisotopic (exact) mass is 495 g/mol. The van der Waals surface area contributed by atoms with Crippen LogP contribution in [0.4, 0.5) is 29.2 Å². The third-order valence-corrected chi connectivity index (χ3v) is 5.53. The summed E-state index contributed by atoms with van der Waals surface area (Å²) in [4.78, 5) is 16.7. The second-order valence-corrected chi connectivity index (χ2v) is 8.21. The van der Waals surface area contributed by atoms with Gasteiger partial charge in [0.2, 0.25) is 5.88 Å². The van der Waals surface area contributed by atoms with Gasteiger partial charge in [-0.15, -0.1) is 0 Å². The summed E-state index contributed by atoms with van der Waals surface area (Å²) in [5, 5.41) is 6.52. The zero-order valence-corrected chi connectivity index (χ0v) is 19.4. The van der Waals surface area contributed by atoms with Crippen molar-refractivity contribution in [2.24, 2.45) is 0 Å². The van der Waals surface area contributed by atoms with E-state index in [1.807, 2.05) is 6.92 Å². The van der Waals surface area contributed by atoms with E-state index < -0.39 is 18.4 Å². The first kappa shape index (κ1) is 24.6. The van der Waals surface area contributed by atoms with E-state index in [0.29, 0.717) is 26.1 Å². The third-order valence-electron chi connectivity index (χ3n) is 5.53. The average molecular weight is 495 g/mol. The number of pyridine rings is 2. The maximum atomic E-state index is 16.0. The van der Waals surface area contributed by atoms with Gasteiger partial charge in [-0.05, 0) is 38.4 Å². The molecule has 188 valence electrons. The zero-order chi connectivity index (χ0) is 25.3. The van der Waals surface area contributed by atoms with Crippen molar-refractivity contribution >= 4 is 22.5 Å². The lowest BCUT2D eigenvalue weighted by Crippen LogP contribution is -2.26. The van der Waals surface area contributed by atoms with Crippen LogP contribution in [0.1, 0.15) is 24.6 Å². The Morgan fingerprint density at radius 1 is 1.17 bits per heavy atom. The molecule has 1 atom stereocenters. The highest BCUT2D eigenvalue weighted by atomic mass is 19.4. The Balaban J connectivity index is 2.04. The highest BCUT2D eigenvalue weighted by Crippen LogP contribution is 2.40. The molecule has 4 rings (SSSR count). The summed E-state index contributed by atoms with van der Waals surface area (Å²) in [5.41, 5.74) is 4.90. The normalized spacial score (nSPS) is 16.8. The fourth-order valence-electron chi connectivity index (χ4n) is 3.91. The van der Waals surface area contributed by atoms with Gasteiger partial charge in [0.15, 0.2) is 5.82 Å². The highest BCUT2D eigenvalue weighted by molar-refractivity contribution is 5.96. The van der Waals surface area contributed by atoms with Gasteiger partial charge in [-0.3, -0.25) is 0 Å². The molecule has 0 aliphatic carbocycles. The van der Waals surface area contributed by atoms with Crippen LogP contribution in [0.15, 0.2) is 6.07 Å². The third kappa shape index (κ3) is 5.29. The lowest BCUT2D eigenvalue weighted by molar-refractivity contribution is -0.127. The van der Waals surface area contributed by atoms with Crippen LogP contribution in [0.2, 0.25) is 0 Å². The molecule has 0 spiro atoms. The van der Waals surface area contributed by atoms with Gasteiger partial charge in [0.05, 0.1) is 19.6 Å². The lowest BCUT2D eigenvalue weighted by Gasteiger charge is -2.20. The van der Waals surface area contributed by atoms with Crippen LogP contribution in [0, 0.1) is 12.7 Å². The number of hydrogen-bond donors (Lipinski definition) is 3. The molecule has 0 aromatic carbocycles. The number of alkyl halides is 3. The molecule has 4 N–H and O–H groups in total. The first-order valence-corrected chi connectivity index (χ1v) is 11.0. The second kappa shape index (κ2) is 9.64. The van der Waals surface area contributed by atoms with Crippen molar-refractivity contribution in [1.29, 1.82) is 0 Å². The van der Waals surface area contributed by atoms with Crippen LogP contribution < -0.4 is 25.8 Å². The number of methoxy groups -OCH3 is 1. The number of aromatic nitrogens is 4. The summed E-state index contributed by atoms with van der Waals surface area (Å²) in [6, 6.07) is 1.05. The van der Waals surface area contributed by atoms with Gasteiger partial charge in [-0.25, -0.2) is 14.4 Å². The van der Waals surface area contributed by atoms with E-state index >= 15 is 4.39 Å². The molecule has 35 heavy (non-hydrogen) atoms. The van der Waals surface area contributed by atoms with Gasteiger partial charge in [-0.1, -0.05) is 0 Å². The standard InChI is InChI=1S/C22H25F4N7O2/c1-10-4-5-28-6-7-29-19-15-18(32-21(33-19)34-3)16(23)17(31-20(15)35-10)12-8-14(27)30-11(2)13(12)9-22(24,25)26/h8,10,28H,4-7,9H2,1-3H3,(H2,27,30)(H,29,32,33). The SMILES string of the molecule is COc1nc2c3c(nc(-c4cc(N)nc(C)c4CC(F)(F)F)c(F)c3n1)OC(C)CCNCCN2. The van der Waals surface area contributed by atoms with E-state index in [1.54, 1.807) is 0 Å². The average Bonchev–Trinajstić information content (AvgIpc) is 2.81. The van der Waals surface area contributed by atoms with Crippen LogP contribution in [0.3, 0.4) is 0 Å². The van der Waals surface area contributed by atoms with Crippen molar-refractivity contribution in [3.8, 4) is 23.1 Å². The highest BCUT2D eigenvalue weighted by Gasteiger charge is 2.33. The number of nitrogen functional groups attached to an aromatic ring is 1. The van der Waals surface area contributed by atoms with Gasteiger partial charge < -0.3 is 25.8 Å². The summed E-state index contributed by atoms with van der Waals surface area (Å²) in [6.45, 7) is 4.93. The van der Waals surface area contributed by atoms with Crippen LogP contribution in [0.5, 0.6) is 11.9 Å². The predicted molar refractivity (Wildman–Crippen MR) is 122 cm³/mol. The van der Waals surface area contributed by atoms with E-state index in [2.05, 4.69) is 30.6 Å². The molecule has 9 nitrogen and oxygen atoms in total. The molecule has 0 saturated carbocycles. The van der Waals surface area contributed by atoms with Crippen molar-refractivity contribution in [1.82, 2.24) is 25.3 Å². The molecule has 1 aliphatic rings. The number of aryl methyl sites for hydroxylation is 1. The Morgan fingerprint density at radius 2 is 1.94 bits per heavy atom. The fraction of sp³-hybridized carbons (Fsp3) is 0.455. The lowest BCUT2D eigenvalue weighted by atomic mass is 9.99. The van der Waals surface area contributed by atoms with Gasteiger partial charge in [-0.2, -0.15) is 23.1 Å². The molecule has 13 heteroatoms. The summed E-state index contributed by atoms with van der Waals surface area (Å²) in [6.07, 6.45) is -5.63. The minimum atomic E-state index is -4.57. The minimum absolute atomic E-state index is 0.0121. The van der Waals surface area contributed by atoms with E-state index in [0.717, 1.165) is 0 Å². The van der Waals surface area contributed by atoms with Crippen LogP contribution in [-0.2, 0) is 6.42 Å². The Morgan fingerprint density at radius 3 is 2.66 bits per heavy atom. The number of nitrogens with two attached hydrogens (primary N) is 1. The minimum Gasteiger partial charge on any atom is -0.474 e. The summed E-state index contributed by atoms with van der Waals surface area (Å²) in [5.74, 6) is -0.802. The Kier molecular flexibility index (Phi) is 6.79. The summed E-state index contributed by atoms with van der Waals surface area (Å²) < 4.78 is 67.4. The van der Waals surface area contributed by atoms with Crippen molar-refractivity contribution in [3.05, 3.63) is 23.1 Å². The topological polar surface area (TPSA) is 120 Å². The van der Waals surface area contributed by atoms with Crippen LogP contribution in [-0.4, -0.2) is 59.0 Å². The van der Waals surface area contributed by atoms with Crippen molar-refractivity contribution in [2.75, 3.05) is 37.8 Å². The van der Waals surface area contributed by atoms with Gasteiger partial charge in [0, 0.05) is 24.3 Å². The molecule has 1 aliphatic heterocycles. The molecular weight excluding hydrogens is 470 g/mol. The number of hydrogen-bond acceptors (Lipinski definition) is 9. The first-order chi connectivity index (χ1) is 16.6. The quantitative estimate of drug-likeness (QED) is 0.470. The first-order valence-electron chi connectivity index (χ1n) is 11.0. The van der Waals surface area contributed by atoms with Gasteiger partial charge >= 0.3 is 12.2 Å². The van der Waals surface area contributed by atoms with Crippen molar-refractivity contribution in [2.45, 2.75) is 39.0 Å². The molecule has 0 amide bonds. The van der Waals surface area contributed by atoms with Crippen molar-refractivity contribution < 1.29 is 27.0 Å². The van der Waals surface area contributed by atoms with Crippen LogP contribution >= 0.6 is 0 Å².